The van der Waals surface area contributed by atoms with E-state index in [9.17, 15) is 9.59 Å². The number of nitrogens with zero attached hydrogens (tertiary/aromatic N) is 4. The maximum atomic E-state index is 13.5. The Bertz CT molecular complexity index is 1180. The largest absolute Gasteiger partial charge is 0.369 e. The summed E-state index contributed by atoms with van der Waals surface area (Å²) in [4.78, 5) is 39.8. The number of aromatic nitrogens is 2. The summed E-state index contributed by atoms with van der Waals surface area (Å²) in [6.45, 7) is 5.91. The van der Waals surface area contributed by atoms with Gasteiger partial charge in [-0.3, -0.25) is 9.59 Å². The number of hydrogen-bond donors (Lipinski definition) is 1. The van der Waals surface area contributed by atoms with Crippen LogP contribution in [0, 0.1) is 6.92 Å². The van der Waals surface area contributed by atoms with Gasteiger partial charge in [0.15, 0.2) is 0 Å². The molecule has 0 radical (unpaired) electrons. The van der Waals surface area contributed by atoms with E-state index in [4.69, 9.17) is 0 Å². The average molecular weight is 478 g/mol. The predicted octanol–water partition coefficient (Wildman–Crippen LogP) is 4.44. The summed E-state index contributed by atoms with van der Waals surface area (Å²) in [5.41, 5.74) is 2.26. The molecule has 34 heavy (non-hydrogen) atoms. The molecule has 4 heterocycles. The van der Waals surface area contributed by atoms with Crippen LogP contribution in [0.3, 0.4) is 0 Å². The smallest absolute Gasteiger partial charge is 0.264 e. The van der Waals surface area contributed by atoms with E-state index in [0.717, 1.165) is 84.9 Å². The van der Waals surface area contributed by atoms with Gasteiger partial charge in [-0.25, -0.2) is 9.97 Å². The van der Waals surface area contributed by atoms with Gasteiger partial charge in [0.25, 0.3) is 5.91 Å². The van der Waals surface area contributed by atoms with Crippen molar-refractivity contribution in [2.75, 3.05) is 38.0 Å². The van der Waals surface area contributed by atoms with Gasteiger partial charge in [-0.15, -0.1) is 11.3 Å². The second-order valence-electron chi connectivity index (χ2n) is 9.22. The zero-order valence-corrected chi connectivity index (χ0v) is 20.4. The number of rotatable bonds is 7. The fourth-order valence-electron chi connectivity index (χ4n) is 5.13. The number of benzene rings is 1. The molecular weight excluding hydrogens is 446 g/mol. The molecule has 2 fully saturated rings. The van der Waals surface area contributed by atoms with Crippen molar-refractivity contribution in [3.05, 3.63) is 52.7 Å². The first-order chi connectivity index (χ1) is 16.6. The van der Waals surface area contributed by atoms with Gasteiger partial charge in [-0.05, 0) is 43.7 Å². The van der Waals surface area contributed by atoms with Crippen molar-refractivity contribution in [3.63, 3.8) is 0 Å². The maximum Gasteiger partial charge on any atom is 0.264 e. The minimum absolute atomic E-state index is 0.0969. The fraction of sp³-hybridized carbons (Fsp3) is 0.462. The molecule has 0 bridgehead atoms. The van der Waals surface area contributed by atoms with Gasteiger partial charge in [0.2, 0.25) is 5.91 Å². The van der Waals surface area contributed by atoms with Crippen LogP contribution in [0.1, 0.15) is 58.8 Å². The molecule has 1 atom stereocenters. The van der Waals surface area contributed by atoms with E-state index in [0.29, 0.717) is 12.3 Å². The second-order valence-corrected chi connectivity index (χ2v) is 10.2. The van der Waals surface area contributed by atoms with Crippen LogP contribution in [-0.2, 0) is 4.79 Å². The third-order valence-electron chi connectivity index (χ3n) is 6.97. The molecule has 2 aliphatic heterocycles. The molecular formula is C26H31N5O2S. The Kier molecular flexibility index (Phi) is 6.76. The number of amides is 2. The zero-order chi connectivity index (χ0) is 23.5. The van der Waals surface area contributed by atoms with Crippen molar-refractivity contribution in [2.45, 2.75) is 44.9 Å². The maximum absolute atomic E-state index is 13.5. The average Bonchev–Trinajstić information content (AvgIpc) is 3.44. The molecule has 8 heteroatoms. The van der Waals surface area contributed by atoms with Crippen molar-refractivity contribution in [1.29, 1.82) is 0 Å². The molecule has 7 nitrogen and oxygen atoms in total. The lowest BCUT2D eigenvalue weighted by Gasteiger charge is -2.33. The van der Waals surface area contributed by atoms with Crippen LogP contribution in [-0.4, -0.2) is 64.3 Å². The number of aryl methyl sites for hydroxylation is 1. The van der Waals surface area contributed by atoms with Gasteiger partial charge in [0.1, 0.15) is 17.0 Å². The molecule has 0 saturated carbocycles. The summed E-state index contributed by atoms with van der Waals surface area (Å²) >= 11 is 1.46. The third-order valence-corrected chi connectivity index (χ3v) is 8.16. The highest BCUT2D eigenvalue weighted by atomic mass is 32.1. The molecule has 3 aromatic rings. The molecule has 1 aromatic carbocycles. The SMILES string of the molecule is Cc1c(C(=O)N2CCC[C@H](c3ccccc3)C2)sc2ncnc(NCCCN3CCCC3=O)c12. The first-order valence-corrected chi connectivity index (χ1v) is 13.0. The Balaban J connectivity index is 1.28. The second kappa shape index (κ2) is 10.1. The number of likely N-dealkylation sites (tertiary alicyclic amines) is 2. The first kappa shape index (κ1) is 22.8. The van der Waals surface area contributed by atoms with E-state index < -0.39 is 0 Å². The number of carbonyl (C=O) groups excluding carboxylic acids is 2. The van der Waals surface area contributed by atoms with Crippen LogP contribution in [0.2, 0.25) is 0 Å². The van der Waals surface area contributed by atoms with Crippen molar-refractivity contribution < 1.29 is 9.59 Å². The molecule has 1 N–H and O–H groups in total. The number of thiophene rings is 1. The summed E-state index contributed by atoms with van der Waals surface area (Å²) in [7, 11) is 0. The number of fused-ring (bicyclic) bond motifs is 1. The number of anilines is 1. The lowest BCUT2D eigenvalue weighted by molar-refractivity contribution is -0.127. The fourth-order valence-corrected chi connectivity index (χ4v) is 6.25. The first-order valence-electron chi connectivity index (χ1n) is 12.2. The molecule has 0 spiro atoms. The van der Waals surface area contributed by atoms with Gasteiger partial charge in [-0.2, -0.15) is 0 Å². The summed E-state index contributed by atoms with van der Waals surface area (Å²) in [6, 6.07) is 10.5. The predicted molar refractivity (Wildman–Crippen MR) is 135 cm³/mol. The molecule has 2 aromatic heterocycles. The van der Waals surface area contributed by atoms with Crippen LogP contribution in [0.15, 0.2) is 36.7 Å². The van der Waals surface area contributed by atoms with E-state index in [1.165, 1.54) is 16.9 Å². The van der Waals surface area contributed by atoms with Gasteiger partial charge in [0.05, 0.1) is 10.3 Å². The number of hydrogen-bond acceptors (Lipinski definition) is 6. The lowest BCUT2D eigenvalue weighted by Crippen LogP contribution is -2.39. The van der Waals surface area contributed by atoms with Crippen molar-refractivity contribution in [3.8, 4) is 0 Å². The highest BCUT2D eigenvalue weighted by Crippen LogP contribution is 2.35. The van der Waals surface area contributed by atoms with Gasteiger partial charge >= 0.3 is 0 Å². The monoisotopic (exact) mass is 477 g/mol. The van der Waals surface area contributed by atoms with Crippen LogP contribution in [0.4, 0.5) is 5.82 Å². The third kappa shape index (κ3) is 4.64. The van der Waals surface area contributed by atoms with Crippen LogP contribution < -0.4 is 5.32 Å². The Labute approximate surface area is 204 Å². The van der Waals surface area contributed by atoms with Crippen molar-refractivity contribution >= 4 is 39.2 Å². The molecule has 178 valence electrons. The Morgan fingerprint density at radius 1 is 1.18 bits per heavy atom. The topological polar surface area (TPSA) is 78.4 Å². The molecule has 2 amide bonds. The van der Waals surface area contributed by atoms with Crippen LogP contribution in [0.25, 0.3) is 10.2 Å². The number of carbonyl (C=O) groups is 2. The van der Waals surface area contributed by atoms with Gasteiger partial charge in [0, 0.05) is 45.1 Å². The zero-order valence-electron chi connectivity index (χ0n) is 19.6. The summed E-state index contributed by atoms with van der Waals surface area (Å²) < 4.78 is 0. The molecule has 0 aliphatic carbocycles. The molecule has 2 aliphatic rings. The molecule has 2 saturated heterocycles. The Morgan fingerprint density at radius 3 is 2.82 bits per heavy atom. The van der Waals surface area contributed by atoms with Gasteiger partial charge in [-0.1, -0.05) is 30.3 Å². The summed E-state index contributed by atoms with van der Waals surface area (Å²) in [6.07, 6.45) is 6.19. The van der Waals surface area contributed by atoms with Crippen LogP contribution >= 0.6 is 11.3 Å². The Morgan fingerprint density at radius 2 is 2.03 bits per heavy atom. The van der Waals surface area contributed by atoms with Crippen molar-refractivity contribution in [1.82, 2.24) is 19.8 Å². The number of nitrogens with one attached hydrogen (secondary N) is 1. The standard InChI is InChI=1S/C26H31N5O2S/c1-18-22-24(27-12-7-15-30-13-6-11-21(30)32)28-17-29-25(22)34-23(18)26(33)31-14-5-10-20(16-31)19-8-3-2-4-9-19/h2-4,8-9,17,20H,5-7,10-16H2,1H3,(H,27,28,29)/t20-/m0/s1. The highest BCUT2D eigenvalue weighted by Gasteiger charge is 2.28. The summed E-state index contributed by atoms with van der Waals surface area (Å²) in [5.74, 6) is 1.51. The number of piperidine rings is 1. The quantitative estimate of drug-likeness (QED) is 0.509. The lowest BCUT2D eigenvalue weighted by atomic mass is 9.90. The van der Waals surface area contributed by atoms with E-state index in [2.05, 4.69) is 39.6 Å². The highest BCUT2D eigenvalue weighted by molar-refractivity contribution is 7.20. The van der Waals surface area contributed by atoms with E-state index in [1.54, 1.807) is 6.33 Å². The van der Waals surface area contributed by atoms with Crippen molar-refractivity contribution in [2.24, 2.45) is 0 Å². The van der Waals surface area contributed by atoms with Gasteiger partial charge < -0.3 is 15.1 Å². The minimum Gasteiger partial charge on any atom is -0.369 e. The van der Waals surface area contributed by atoms with E-state index >= 15 is 0 Å². The minimum atomic E-state index is 0.0969. The van der Waals surface area contributed by atoms with Crippen LogP contribution in [0.5, 0.6) is 0 Å². The Hall–Kier alpha value is -3.00. The van der Waals surface area contributed by atoms with E-state index in [1.807, 2.05) is 22.8 Å². The molecule has 5 rings (SSSR count). The summed E-state index contributed by atoms with van der Waals surface area (Å²) in [5, 5.41) is 4.36. The van der Waals surface area contributed by atoms with E-state index in [-0.39, 0.29) is 11.8 Å². The normalized spacial score (nSPS) is 18.6. The molecule has 0 unspecified atom stereocenters.